The van der Waals surface area contributed by atoms with Crippen molar-refractivity contribution >= 4 is 11.8 Å². The highest BCUT2D eigenvalue weighted by Crippen LogP contribution is 2.36. The third-order valence-electron chi connectivity index (χ3n) is 5.65. The number of pyridine rings is 1. The fraction of sp³-hybridized carbons (Fsp3) is 0.611. The molecule has 128 valence electrons. The Morgan fingerprint density at radius 3 is 2.92 bits per heavy atom. The van der Waals surface area contributed by atoms with Crippen LogP contribution in [0, 0.1) is 17.8 Å². The Morgan fingerprint density at radius 1 is 1.33 bits per heavy atom. The molecule has 6 nitrogen and oxygen atoms in total. The first kappa shape index (κ1) is 15.6. The van der Waals surface area contributed by atoms with Crippen molar-refractivity contribution in [1.29, 1.82) is 0 Å². The molecule has 0 spiro atoms. The van der Waals surface area contributed by atoms with Crippen molar-refractivity contribution in [3.05, 3.63) is 30.1 Å². The summed E-state index contributed by atoms with van der Waals surface area (Å²) in [4.78, 5) is 30.5. The molecular formula is C18H23N3O3. The van der Waals surface area contributed by atoms with E-state index in [1.807, 2.05) is 4.90 Å². The molecule has 1 saturated carbocycles. The SMILES string of the molecule is O=C(NC[C@@H]1CO[C@@H]2CN(C(=O)C3CCC3)C[C@H]12)c1cccnc1. The summed E-state index contributed by atoms with van der Waals surface area (Å²) in [7, 11) is 0. The zero-order valence-electron chi connectivity index (χ0n) is 13.7. The van der Waals surface area contributed by atoms with E-state index < -0.39 is 0 Å². The molecule has 3 atom stereocenters. The largest absolute Gasteiger partial charge is 0.376 e. The normalized spacial score (nSPS) is 29.2. The van der Waals surface area contributed by atoms with Crippen molar-refractivity contribution in [3.8, 4) is 0 Å². The maximum absolute atomic E-state index is 12.4. The highest BCUT2D eigenvalue weighted by Gasteiger charge is 2.46. The van der Waals surface area contributed by atoms with Crippen LogP contribution in [0.4, 0.5) is 0 Å². The number of fused-ring (bicyclic) bond motifs is 1. The van der Waals surface area contributed by atoms with Crippen molar-refractivity contribution in [3.63, 3.8) is 0 Å². The van der Waals surface area contributed by atoms with Gasteiger partial charge in [-0.3, -0.25) is 14.6 Å². The lowest BCUT2D eigenvalue weighted by atomic mass is 9.84. The molecule has 0 unspecified atom stereocenters. The van der Waals surface area contributed by atoms with Crippen LogP contribution in [0.5, 0.6) is 0 Å². The first-order chi connectivity index (χ1) is 11.7. The minimum Gasteiger partial charge on any atom is -0.376 e. The second-order valence-corrected chi connectivity index (χ2v) is 7.12. The van der Waals surface area contributed by atoms with Crippen LogP contribution in [0.1, 0.15) is 29.6 Å². The lowest BCUT2D eigenvalue weighted by Crippen LogP contribution is -2.39. The minimum atomic E-state index is -0.105. The topological polar surface area (TPSA) is 71.5 Å². The molecule has 1 N–H and O–H groups in total. The van der Waals surface area contributed by atoms with Crippen molar-refractivity contribution in [2.75, 3.05) is 26.2 Å². The van der Waals surface area contributed by atoms with Gasteiger partial charge < -0.3 is 15.0 Å². The van der Waals surface area contributed by atoms with Crippen molar-refractivity contribution in [2.24, 2.45) is 17.8 Å². The molecule has 0 bridgehead atoms. The Kier molecular flexibility index (Phi) is 4.22. The molecule has 0 radical (unpaired) electrons. The summed E-state index contributed by atoms with van der Waals surface area (Å²) in [6, 6.07) is 3.51. The number of nitrogens with one attached hydrogen (secondary N) is 1. The number of hydrogen-bond donors (Lipinski definition) is 1. The number of ether oxygens (including phenoxy) is 1. The average molecular weight is 329 g/mol. The van der Waals surface area contributed by atoms with Gasteiger partial charge in [0.05, 0.1) is 18.3 Å². The number of aromatic nitrogens is 1. The first-order valence-corrected chi connectivity index (χ1v) is 8.81. The monoisotopic (exact) mass is 329 g/mol. The number of hydrogen-bond acceptors (Lipinski definition) is 4. The molecule has 3 heterocycles. The van der Waals surface area contributed by atoms with E-state index in [0.29, 0.717) is 37.1 Å². The number of nitrogens with zero attached hydrogens (tertiary/aromatic N) is 2. The van der Waals surface area contributed by atoms with E-state index in [2.05, 4.69) is 10.3 Å². The Balaban J connectivity index is 1.31. The van der Waals surface area contributed by atoms with Gasteiger partial charge in [-0.2, -0.15) is 0 Å². The molecule has 0 aromatic carbocycles. The van der Waals surface area contributed by atoms with Gasteiger partial charge in [-0.25, -0.2) is 0 Å². The Hall–Kier alpha value is -1.95. The lowest BCUT2D eigenvalue weighted by molar-refractivity contribution is -0.137. The second kappa shape index (κ2) is 6.51. The smallest absolute Gasteiger partial charge is 0.252 e. The molecule has 1 aromatic heterocycles. The number of carbonyl (C=O) groups excluding carboxylic acids is 2. The molecule has 2 amide bonds. The van der Waals surface area contributed by atoms with E-state index in [9.17, 15) is 9.59 Å². The van der Waals surface area contributed by atoms with Gasteiger partial charge in [0.15, 0.2) is 0 Å². The second-order valence-electron chi connectivity index (χ2n) is 7.12. The standard InChI is InChI=1S/C18H23N3O3/c22-17(13-5-2-6-19-7-13)20-8-14-11-24-16-10-21(9-15(14)16)18(23)12-3-1-4-12/h2,5-7,12,14-16H,1,3-4,8-11H2,(H,20,22)/t14-,15-,16-/m1/s1. The van der Waals surface area contributed by atoms with Crippen molar-refractivity contribution in [1.82, 2.24) is 15.2 Å². The maximum Gasteiger partial charge on any atom is 0.252 e. The Labute approximate surface area is 141 Å². The molecule has 1 aliphatic carbocycles. The molecule has 2 saturated heterocycles. The van der Waals surface area contributed by atoms with Crippen molar-refractivity contribution in [2.45, 2.75) is 25.4 Å². The highest BCUT2D eigenvalue weighted by atomic mass is 16.5. The van der Waals surface area contributed by atoms with E-state index in [0.717, 1.165) is 19.4 Å². The molecule has 1 aromatic rings. The van der Waals surface area contributed by atoms with Gasteiger partial charge in [-0.1, -0.05) is 6.42 Å². The Morgan fingerprint density at radius 2 is 2.21 bits per heavy atom. The van der Waals surface area contributed by atoms with Gasteiger partial charge in [0.25, 0.3) is 5.91 Å². The quantitative estimate of drug-likeness (QED) is 0.897. The lowest BCUT2D eigenvalue weighted by Gasteiger charge is -2.29. The summed E-state index contributed by atoms with van der Waals surface area (Å²) < 4.78 is 5.88. The zero-order chi connectivity index (χ0) is 16.5. The highest BCUT2D eigenvalue weighted by molar-refractivity contribution is 5.93. The van der Waals surface area contributed by atoms with E-state index in [4.69, 9.17) is 4.74 Å². The van der Waals surface area contributed by atoms with Gasteiger partial charge in [0, 0.05) is 49.8 Å². The van der Waals surface area contributed by atoms with Crippen molar-refractivity contribution < 1.29 is 14.3 Å². The van der Waals surface area contributed by atoms with Gasteiger partial charge in [-0.05, 0) is 25.0 Å². The number of likely N-dealkylation sites (tertiary alicyclic amines) is 1. The van der Waals surface area contributed by atoms with Crippen LogP contribution in [0.15, 0.2) is 24.5 Å². The van der Waals surface area contributed by atoms with E-state index >= 15 is 0 Å². The number of amides is 2. The van der Waals surface area contributed by atoms with Gasteiger partial charge in [-0.15, -0.1) is 0 Å². The molecule has 24 heavy (non-hydrogen) atoms. The summed E-state index contributed by atoms with van der Waals surface area (Å²) in [5, 5.41) is 2.98. The molecule has 3 aliphatic rings. The van der Waals surface area contributed by atoms with Gasteiger partial charge in [0.1, 0.15) is 0 Å². The summed E-state index contributed by atoms with van der Waals surface area (Å²) in [6.07, 6.45) is 6.60. The molecular weight excluding hydrogens is 306 g/mol. The van der Waals surface area contributed by atoms with Crippen LogP contribution < -0.4 is 5.32 Å². The summed E-state index contributed by atoms with van der Waals surface area (Å²) in [5.41, 5.74) is 0.571. The third-order valence-corrected chi connectivity index (χ3v) is 5.65. The molecule has 2 aliphatic heterocycles. The minimum absolute atomic E-state index is 0.105. The maximum atomic E-state index is 12.4. The van der Waals surface area contributed by atoms with Gasteiger partial charge in [0.2, 0.25) is 5.91 Å². The third kappa shape index (κ3) is 2.90. The van der Waals surface area contributed by atoms with E-state index in [1.165, 1.54) is 6.42 Å². The predicted molar refractivity (Wildman–Crippen MR) is 87.2 cm³/mol. The molecule has 4 rings (SSSR count). The van der Waals surface area contributed by atoms with E-state index in [-0.39, 0.29) is 23.8 Å². The number of rotatable bonds is 4. The van der Waals surface area contributed by atoms with Gasteiger partial charge >= 0.3 is 0 Å². The Bertz CT molecular complexity index is 617. The molecule has 6 heteroatoms. The summed E-state index contributed by atoms with van der Waals surface area (Å²) >= 11 is 0. The van der Waals surface area contributed by atoms with Crippen LogP contribution in [-0.4, -0.2) is 54.0 Å². The van der Waals surface area contributed by atoms with Crippen LogP contribution in [0.3, 0.4) is 0 Å². The fourth-order valence-corrected chi connectivity index (χ4v) is 3.93. The van der Waals surface area contributed by atoms with Crippen LogP contribution in [0.25, 0.3) is 0 Å². The predicted octanol–water partition coefficient (Wildman–Crippen LogP) is 1.08. The van der Waals surface area contributed by atoms with E-state index in [1.54, 1.807) is 24.5 Å². The average Bonchev–Trinajstić information content (AvgIpc) is 3.12. The first-order valence-electron chi connectivity index (χ1n) is 8.81. The van der Waals surface area contributed by atoms with Crippen LogP contribution >= 0.6 is 0 Å². The fourth-order valence-electron chi connectivity index (χ4n) is 3.93. The molecule has 3 fully saturated rings. The van der Waals surface area contributed by atoms with Crippen LogP contribution in [0.2, 0.25) is 0 Å². The van der Waals surface area contributed by atoms with Crippen LogP contribution in [-0.2, 0) is 9.53 Å². The number of carbonyl (C=O) groups is 2. The summed E-state index contributed by atoms with van der Waals surface area (Å²) in [6.45, 7) is 2.73. The summed E-state index contributed by atoms with van der Waals surface area (Å²) in [5.74, 6) is 1.05. The zero-order valence-corrected chi connectivity index (χ0v) is 13.7.